The number of ether oxygens (including phenoxy) is 1. The van der Waals surface area contributed by atoms with Crippen LogP contribution in [0.4, 0.5) is 5.82 Å². The lowest BCUT2D eigenvalue weighted by atomic mass is 10.0. The molecule has 1 aliphatic rings. The summed E-state index contributed by atoms with van der Waals surface area (Å²) in [5, 5.41) is 8.98. The third kappa shape index (κ3) is 2.82. The lowest BCUT2D eigenvalue weighted by molar-refractivity contribution is 0.0605. The average Bonchev–Trinajstić information content (AvgIpc) is 3.29. The van der Waals surface area contributed by atoms with Crippen LogP contribution in [-0.4, -0.2) is 51.1 Å². The van der Waals surface area contributed by atoms with E-state index in [1.165, 1.54) is 18.4 Å². The summed E-state index contributed by atoms with van der Waals surface area (Å²) in [5.74, 6) is 1.30. The number of aromatic nitrogens is 5. The minimum atomic E-state index is -0.320. The van der Waals surface area contributed by atoms with E-state index in [1.807, 2.05) is 24.7 Å². The molecule has 136 valence electrons. The first-order chi connectivity index (χ1) is 12.6. The Morgan fingerprint density at radius 2 is 2.04 bits per heavy atom. The molecule has 0 aliphatic carbocycles. The predicted molar refractivity (Wildman–Crippen MR) is 98.7 cm³/mol. The van der Waals surface area contributed by atoms with E-state index in [2.05, 4.69) is 20.2 Å². The van der Waals surface area contributed by atoms with Crippen molar-refractivity contribution >= 4 is 33.3 Å². The maximum Gasteiger partial charge on any atom is 0.348 e. The van der Waals surface area contributed by atoms with E-state index in [0.29, 0.717) is 16.7 Å². The minimum Gasteiger partial charge on any atom is -0.465 e. The van der Waals surface area contributed by atoms with Crippen molar-refractivity contribution < 1.29 is 9.53 Å². The van der Waals surface area contributed by atoms with Crippen LogP contribution in [-0.2, 0) is 4.74 Å². The predicted octanol–water partition coefficient (Wildman–Crippen LogP) is 2.53. The highest BCUT2D eigenvalue weighted by Crippen LogP contribution is 2.37. The van der Waals surface area contributed by atoms with E-state index in [9.17, 15) is 4.79 Å². The number of rotatable bonds is 3. The van der Waals surface area contributed by atoms with Gasteiger partial charge in [-0.25, -0.2) is 19.4 Å². The standard InChI is InChI=1S/C17H20N6O2S/c1-10-13-15(19-11(2)20-16(13)26-14(10)17(24)25-3)22-7-4-12(5-8-22)23-9-6-18-21-23/h6,9,12H,4-5,7-8H2,1-3H3. The fourth-order valence-electron chi connectivity index (χ4n) is 3.49. The SMILES string of the molecule is COC(=O)c1sc2nc(C)nc(N3CCC(n4ccnn4)CC3)c2c1C. The second kappa shape index (κ2) is 6.64. The van der Waals surface area contributed by atoms with Gasteiger partial charge in [-0.3, -0.25) is 0 Å². The Labute approximate surface area is 154 Å². The molecule has 3 aromatic heterocycles. The number of fused-ring (bicyclic) bond motifs is 1. The van der Waals surface area contributed by atoms with Crippen LogP contribution in [0.1, 0.15) is 39.9 Å². The summed E-state index contributed by atoms with van der Waals surface area (Å²) >= 11 is 1.37. The smallest absolute Gasteiger partial charge is 0.348 e. The summed E-state index contributed by atoms with van der Waals surface area (Å²) in [4.78, 5) is 25.0. The number of hydrogen-bond donors (Lipinski definition) is 0. The molecule has 26 heavy (non-hydrogen) atoms. The number of anilines is 1. The van der Waals surface area contributed by atoms with Crippen molar-refractivity contribution in [3.05, 3.63) is 28.7 Å². The fraction of sp³-hybridized carbons (Fsp3) is 0.471. The van der Waals surface area contributed by atoms with Crippen LogP contribution in [0.5, 0.6) is 0 Å². The Kier molecular flexibility index (Phi) is 4.31. The minimum absolute atomic E-state index is 0.320. The highest BCUT2D eigenvalue weighted by atomic mass is 32.1. The largest absolute Gasteiger partial charge is 0.465 e. The summed E-state index contributed by atoms with van der Waals surface area (Å²) in [6, 6.07) is 0.362. The zero-order chi connectivity index (χ0) is 18.3. The number of esters is 1. The first-order valence-corrected chi connectivity index (χ1v) is 9.37. The zero-order valence-electron chi connectivity index (χ0n) is 15.0. The van der Waals surface area contributed by atoms with Gasteiger partial charge in [0.1, 0.15) is 21.3 Å². The van der Waals surface area contributed by atoms with Crippen LogP contribution in [0.15, 0.2) is 12.4 Å². The third-order valence-corrected chi connectivity index (χ3v) is 6.00. The number of aryl methyl sites for hydroxylation is 2. The van der Waals surface area contributed by atoms with Crippen molar-refractivity contribution in [1.29, 1.82) is 0 Å². The number of methoxy groups -OCH3 is 1. The van der Waals surface area contributed by atoms with Gasteiger partial charge in [0, 0.05) is 19.3 Å². The molecule has 9 heteroatoms. The van der Waals surface area contributed by atoms with Crippen molar-refractivity contribution in [3.63, 3.8) is 0 Å². The normalized spacial score (nSPS) is 15.6. The van der Waals surface area contributed by atoms with Gasteiger partial charge in [-0.2, -0.15) is 0 Å². The van der Waals surface area contributed by atoms with Crippen LogP contribution in [0, 0.1) is 13.8 Å². The number of hydrogen-bond acceptors (Lipinski definition) is 8. The zero-order valence-corrected chi connectivity index (χ0v) is 15.8. The quantitative estimate of drug-likeness (QED) is 0.653. The molecule has 0 amide bonds. The topological polar surface area (TPSA) is 86.0 Å². The summed E-state index contributed by atoms with van der Waals surface area (Å²) in [6.07, 6.45) is 5.58. The van der Waals surface area contributed by atoms with Gasteiger partial charge in [0.15, 0.2) is 0 Å². The molecule has 0 spiro atoms. The van der Waals surface area contributed by atoms with Crippen molar-refractivity contribution in [2.45, 2.75) is 32.7 Å². The Balaban J connectivity index is 1.68. The van der Waals surface area contributed by atoms with Gasteiger partial charge in [0.2, 0.25) is 0 Å². The molecule has 1 fully saturated rings. The lowest BCUT2D eigenvalue weighted by Crippen LogP contribution is -2.35. The van der Waals surface area contributed by atoms with Gasteiger partial charge < -0.3 is 9.64 Å². The van der Waals surface area contributed by atoms with Gasteiger partial charge in [-0.1, -0.05) is 5.21 Å². The molecule has 3 aromatic rings. The summed E-state index contributed by atoms with van der Waals surface area (Å²) in [5.41, 5.74) is 0.894. The summed E-state index contributed by atoms with van der Waals surface area (Å²) < 4.78 is 6.85. The van der Waals surface area contributed by atoms with E-state index < -0.39 is 0 Å². The number of carbonyl (C=O) groups is 1. The van der Waals surface area contributed by atoms with Crippen LogP contribution in [0.25, 0.3) is 10.2 Å². The molecule has 0 unspecified atom stereocenters. The number of thiophene rings is 1. The van der Waals surface area contributed by atoms with Crippen LogP contribution >= 0.6 is 11.3 Å². The molecule has 0 bridgehead atoms. The highest BCUT2D eigenvalue weighted by Gasteiger charge is 2.26. The second-order valence-corrected chi connectivity index (χ2v) is 7.42. The highest BCUT2D eigenvalue weighted by molar-refractivity contribution is 7.20. The van der Waals surface area contributed by atoms with Gasteiger partial charge in [-0.15, -0.1) is 16.4 Å². The fourth-order valence-corrected chi connectivity index (χ4v) is 4.63. The number of carbonyl (C=O) groups excluding carboxylic acids is 1. The molecular weight excluding hydrogens is 352 g/mol. The number of nitrogens with zero attached hydrogens (tertiary/aromatic N) is 6. The van der Waals surface area contributed by atoms with Gasteiger partial charge >= 0.3 is 5.97 Å². The van der Waals surface area contributed by atoms with Gasteiger partial charge in [-0.05, 0) is 32.3 Å². The molecule has 4 rings (SSSR count). The molecule has 0 aromatic carbocycles. The van der Waals surface area contributed by atoms with E-state index in [0.717, 1.165) is 47.5 Å². The molecule has 0 atom stereocenters. The van der Waals surface area contributed by atoms with Crippen LogP contribution < -0.4 is 4.90 Å². The van der Waals surface area contributed by atoms with Crippen LogP contribution in [0.2, 0.25) is 0 Å². The maximum atomic E-state index is 12.1. The first-order valence-electron chi connectivity index (χ1n) is 8.55. The second-order valence-electron chi connectivity index (χ2n) is 6.42. The van der Waals surface area contributed by atoms with E-state index in [1.54, 1.807) is 6.20 Å². The number of piperidine rings is 1. The molecule has 1 saturated heterocycles. The molecule has 0 saturated carbocycles. The van der Waals surface area contributed by atoms with Crippen molar-refractivity contribution in [3.8, 4) is 0 Å². The van der Waals surface area contributed by atoms with Crippen molar-refractivity contribution in [1.82, 2.24) is 25.0 Å². The molecular formula is C17H20N6O2S. The third-order valence-electron chi connectivity index (χ3n) is 4.83. The lowest BCUT2D eigenvalue weighted by Gasteiger charge is -2.33. The molecule has 8 nitrogen and oxygen atoms in total. The van der Waals surface area contributed by atoms with E-state index in [4.69, 9.17) is 9.72 Å². The monoisotopic (exact) mass is 372 g/mol. The molecule has 1 aliphatic heterocycles. The molecule has 0 radical (unpaired) electrons. The Morgan fingerprint density at radius 1 is 1.27 bits per heavy atom. The van der Waals surface area contributed by atoms with Crippen LogP contribution in [0.3, 0.4) is 0 Å². The maximum absolute atomic E-state index is 12.1. The first kappa shape index (κ1) is 16.9. The molecule has 4 heterocycles. The van der Waals surface area contributed by atoms with E-state index >= 15 is 0 Å². The molecule has 0 N–H and O–H groups in total. The summed E-state index contributed by atoms with van der Waals surface area (Å²) in [6.45, 7) is 5.57. The van der Waals surface area contributed by atoms with Crippen molar-refractivity contribution in [2.75, 3.05) is 25.1 Å². The summed E-state index contributed by atoms with van der Waals surface area (Å²) in [7, 11) is 1.40. The Bertz CT molecular complexity index is 944. The average molecular weight is 372 g/mol. The van der Waals surface area contributed by atoms with Gasteiger partial charge in [0.05, 0.1) is 24.7 Å². The van der Waals surface area contributed by atoms with E-state index in [-0.39, 0.29) is 5.97 Å². The Hall–Kier alpha value is -2.55. The van der Waals surface area contributed by atoms with Gasteiger partial charge in [0.25, 0.3) is 0 Å². The Morgan fingerprint density at radius 3 is 2.69 bits per heavy atom. The van der Waals surface area contributed by atoms with Crippen molar-refractivity contribution in [2.24, 2.45) is 0 Å².